The van der Waals surface area contributed by atoms with Gasteiger partial charge in [0.2, 0.25) is 0 Å². The van der Waals surface area contributed by atoms with E-state index in [1.165, 1.54) is 12.1 Å². The molecule has 1 aliphatic rings. The molecule has 20 heavy (non-hydrogen) atoms. The molecule has 0 aliphatic carbocycles. The van der Waals surface area contributed by atoms with Gasteiger partial charge in [-0.1, -0.05) is 0 Å². The first-order valence-corrected chi connectivity index (χ1v) is 6.75. The fraction of sp³-hybridized carbons (Fsp3) is 0.533. The smallest absolute Gasteiger partial charge is 0.298 e. The van der Waals surface area contributed by atoms with Crippen LogP contribution in [0.4, 0.5) is 10.4 Å². The van der Waals surface area contributed by atoms with E-state index in [4.69, 9.17) is 9.15 Å². The van der Waals surface area contributed by atoms with Gasteiger partial charge in [0.05, 0.1) is 24.3 Å². The van der Waals surface area contributed by atoms with Crippen molar-refractivity contribution in [3.8, 4) is 0 Å². The van der Waals surface area contributed by atoms with Crippen molar-refractivity contribution in [1.82, 2.24) is 4.98 Å². The number of hydrogen-bond acceptors (Lipinski definition) is 4. The summed E-state index contributed by atoms with van der Waals surface area (Å²) in [5, 5.41) is 0. The summed E-state index contributed by atoms with van der Waals surface area (Å²) < 4.78 is 25.0. The van der Waals surface area contributed by atoms with Crippen LogP contribution in [-0.4, -0.2) is 29.3 Å². The summed E-state index contributed by atoms with van der Waals surface area (Å²) in [4.78, 5) is 6.45. The van der Waals surface area contributed by atoms with E-state index < -0.39 is 0 Å². The molecule has 0 atom stereocenters. The highest BCUT2D eigenvalue weighted by molar-refractivity contribution is 5.74. The molecule has 0 saturated carbocycles. The van der Waals surface area contributed by atoms with Gasteiger partial charge in [-0.3, -0.25) is 0 Å². The van der Waals surface area contributed by atoms with Gasteiger partial charge in [0.1, 0.15) is 11.3 Å². The van der Waals surface area contributed by atoms with E-state index in [-0.39, 0.29) is 17.0 Å². The molecule has 1 saturated heterocycles. The highest BCUT2D eigenvalue weighted by Crippen LogP contribution is 2.32. The maximum Gasteiger partial charge on any atom is 0.298 e. The van der Waals surface area contributed by atoms with E-state index in [0.29, 0.717) is 30.2 Å². The molecule has 5 heteroatoms. The van der Waals surface area contributed by atoms with Crippen molar-refractivity contribution in [2.45, 2.75) is 38.9 Å². The second-order valence-corrected chi connectivity index (χ2v) is 6.59. The summed E-state index contributed by atoms with van der Waals surface area (Å²) in [6.45, 7) is 9.55. The summed E-state index contributed by atoms with van der Waals surface area (Å²) in [6.07, 6.45) is 0. The number of fused-ring (bicyclic) bond motifs is 1. The molecule has 0 radical (unpaired) electrons. The number of nitrogens with zero attached hydrogens (tertiary/aromatic N) is 2. The van der Waals surface area contributed by atoms with Crippen LogP contribution >= 0.6 is 0 Å². The summed E-state index contributed by atoms with van der Waals surface area (Å²) >= 11 is 0. The van der Waals surface area contributed by atoms with Crippen molar-refractivity contribution >= 4 is 17.1 Å². The second-order valence-electron chi connectivity index (χ2n) is 6.59. The Morgan fingerprint density at radius 1 is 1.15 bits per heavy atom. The first-order valence-electron chi connectivity index (χ1n) is 6.75. The maximum atomic E-state index is 13.2. The van der Waals surface area contributed by atoms with Gasteiger partial charge >= 0.3 is 0 Å². The minimum absolute atomic E-state index is 0.284. The number of morpholine rings is 1. The number of rotatable bonds is 1. The normalized spacial score (nSPS) is 21.4. The summed E-state index contributed by atoms with van der Waals surface area (Å²) in [7, 11) is 0. The topological polar surface area (TPSA) is 38.5 Å². The zero-order valence-corrected chi connectivity index (χ0v) is 12.2. The SMILES string of the molecule is CC1(C)CN(c2nc3cc(F)ccc3o2)CC(C)(C)O1. The standard InChI is InChI=1S/C15H19FN2O2/c1-14(2)8-18(9-15(3,4)20-14)13-17-11-7-10(16)5-6-12(11)19-13/h5-7H,8-9H2,1-4H3. The van der Waals surface area contributed by atoms with E-state index in [1.807, 2.05) is 27.7 Å². The van der Waals surface area contributed by atoms with Crippen molar-refractivity contribution < 1.29 is 13.5 Å². The highest BCUT2D eigenvalue weighted by Gasteiger charge is 2.39. The van der Waals surface area contributed by atoms with Crippen molar-refractivity contribution in [1.29, 1.82) is 0 Å². The molecule has 0 bridgehead atoms. The molecule has 108 valence electrons. The van der Waals surface area contributed by atoms with Gasteiger partial charge in [-0.05, 0) is 39.8 Å². The maximum absolute atomic E-state index is 13.2. The highest BCUT2D eigenvalue weighted by atomic mass is 19.1. The van der Waals surface area contributed by atoms with Gasteiger partial charge in [0.15, 0.2) is 5.58 Å². The van der Waals surface area contributed by atoms with Crippen molar-refractivity contribution in [3.63, 3.8) is 0 Å². The van der Waals surface area contributed by atoms with E-state index in [0.717, 1.165) is 0 Å². The van der Waals surface area contributed by atoms with E-state index in [1.54, 1.807) is 6.07 Å². The van der Waals surface area contributed by atoms with Crippen molar-refractivity contribution in [2.75, 3.05) is 18.0 Å². The number of aromatic nitrogens is 1. The molecule has 2 aromatic rings. The molecule has 4 nitrogen and oxygen atoms in total. The Kier molecular flexibility index (Phi) is 2.80. The molecule has 1 aliphatic heterocycles. The Balaban J connectivity index is 1.97. The van der Waals surface area contributed by atoms with Crippen LogP contribution in [0.15, 0.2) is 22.6 Å². The quantitative estimate of drug-likeness (QED) is 0.801. The first kappa shape index (κ1) is 13.4. The molecule has 2 heterocycles. The van der Waals surface area contributed by atoms with Gasteiger partial charge in [-0.2, -0.15) is 4.98 Å². The van der Waals surface area contributed by atoms with Crippen LogP contribution in [0.5, 0.6) is 0 Å². The number of hydrogen-bond donors (Lipinski definition) is 0. The Morgan fingerprint density at radius 3 is 2.45 bits per heavy atom. The number of halogens is 1. The summed E-state index contributed by atoms with van der Waals surface area (Å²) in [6, 6.07) is 4.90. The van der Waals surface area contributed by atoms with Crippen LogP contribution in [0.1, 0.15) is 27.7 Å². The average Bonchev–Trinajstić information content (AvgIpc) is 2.67. The van der Waals surface area contributed by atoms with Crippen LogP contribution in [0.2, 0.25) is 0 Å². The van der Waals surface area contributed by atoms with Crippen molar-refractivity contribution in [2.24, 2.45) is 0 Å². The van der Waals surface area contributed by atoms with E-state index >= 15 is 0 Å². The molecule has 3 rings (SSSR count). The Hall–Kier alpha value is -1.62. The number of ether oxygens (including phenoxy) is 1. The first-order chi connectivity index (χ1) is 9.24. The third kappa shape index (κ3) is 2.50. The zero-order chi connectivity index (χ0) is 14.5. The van der Waals surface area contributed by atoms with E-state index in [2.05, 4.69) is 9.88 Å². The molecule has 0 unspecified atom stereocenters. The molecular formula is C15H19FN2O2. The lowest BCUT2D eigenvalue weighted by molar-refractivity contribution is -0.133. The Labute approximate surface area is 117 Å². The lowest BCUT2D eigenvalue weighted by Crippen LogP contribution is -2.57. The lowest BCUT2D eigenvalue weighted by Gasteiger charge is -2.46. The van der Waals surface area contributed by atoms with Gasteiger partial charge in [-0.15, -0.1) is 0 Å². The Morgan fingerprint density at radius 2 is 1.80 bits per heavy atom. The van der Waals surface area contributed by atoms with Crippen molar-refractivity contribution in [3.05, 3.63) is 24.0 Å². The largest absolute Gasteiger partial charge is 0.423 e. The van der Waals surface area contributed by atoms with Gasteiger partial charge in [0, 0.05) is 6.07 Å². The molecule has 0 amide bonds. The van der Waals surface area contributed by atoms with Gasteiger partial charge in [0.25, 0.3) is 6.01 Å². The zero-order valence-electron chi connectivity index (χ0n) is 12.2. The fourth-order valence-electron chi connectivity index (χ4n) is 2.95. The van der Waals surface area contributed by atoms with Gasteiger partial charge < -0.3 is 14.1 Å². The van der Waals surface area contributed by atoms with Gasteiger partial charge in [-0.25, -0.2) is 4.39 Å². The Bertz CT molecular complexity index is 632. The molecule has 0 N–H and O–H groups in total. The predicted molar refractivity (Wildman–Crippen MR) is 75.4 cm³/mol. The molecule has 1 fully saturated rings. The molecule has 0 spiro atoms. The van der Waals surface area contributed by atoms with Crippen LogP contribution < -0.4 is 4.90 Å². The summed E-state index contributed by atoms with van der Waals surface area (Å²) in [5.41, 5.74) is 0.576. The lowest BCUT2D eigenvalue weighted by atomic mass is 9.99. The number of oxazole rings is 1. The molecular weight excluding hydrogens is 259 g/mol. The van der Waals surface area contributed by atoms with Crippen LogP contribution in [0.25, 0.3) is 11.1 Å². The third-order valence-electron chi connectivity index (χ3n) is 3.30. The monoisotopic (exact) mass is 278 g/mol. The van der Waals surface area contributed by atoms with Crippen LogP contribution in [0, 0.1) is 5.82 Å². The second kappa shape index (κ2) is 4.19. The number of anilines is 1. The number of benzene rings is 1. The van der Waals surface area contributed by atoms with Crippen LogP contribution in [0.3, 0.4) is 0 Å². The molecule has 1 aromatic heterocycles. The minimum atomic E-state index is -0.306. The fourth-order valence-corrected chi connectivity index (χ4v) is 2.95. The summed E-state index contributed by atoms with van der Waals surface area (Å²) in [5.74, 6) is -0.306. The molecule has 1 aromatic carbocycles. The van der Waals surface area contributed by atoms with Crippen LogP contribution in [-0.2, 0) is 4.74 Å². The minimum Gasteiger partial charge on any atom is -0.423 e. The predicted octanol–water partition coefficient (Wildman–Crippen LogP) is 3.36. The average molecular weight is 278 g/mol. The third-order valence-corrected chi connectivity index (χ3v) is 3.30. The van der Waals surface area contributed by atoms with E-state index in [9.17, 15) is 4.39 Å².